The van der Waals surface area contributed by atoms with Crippen molar-refractivity contribution in [3.8, 4) is 0 Å². The predicted octanol–water partition coefficient (Wildman–Crippen LogP) is 2.18. The van der Waals surface area contributed by atoms with Crippen molar-refractivity contribution in [3.05, 3.63) is 16.9 Å². The fourth-order valence-electron chi connectivity index (χ4n) is 0.913. The minimum atomic E-state index is -4.41. The van der Waals surface area contributed by atoms with Crippen molar-refractivity contribution in [1.29, 1.82) is 0 Å². The second-order valence-corrected chi connectivity index (χ2v) is 5.38. The average Bonchev–Trinajstić information content (AvgIpc) is 2.06. The van der Waals surface area contributed by atoms with E-state index in [1.165, 1.54) is 0 Å². The zero-order valence-corrected chi connectivity index (χ0v) is 9.24. The Labute approximate surface area is 93.4 Å². The van der Waals surface area contributed by atoms with Gasteiger partial charge in [0.15, 0.2) is 0 Å². The number of nitrogens with two attached hydrogens (primary N) is 1. The second-order valence-electron chi connectivity index (χ2n) is 2.47. The largest absolute Gasteiger partial charge is 0.396 e. The van der Waals surface area contributed by atoms with Gasteiger partial charge in [0.1, 0.15) is 10.6 Å². The number of halogens is 4. The molecule has 0 saturated heterocycles. The number of anilines is 1. The number of nitrogens with zero attached hydrogens (tertiary/aromatic N) is 1. The van der Waals surface area contributed by atoms with Crippen LogP contribution in [0.2, 0.25) is 5.02 Å². The lowest BCUT2D eigenvalue weighted by atomic mass is 10.3. The standard InChI is InChI=1S/C6H4Cl2F2N2O2S/c7-2-1-12-4(6(9)10)5(3(2)11)15(8,13)14/h1,6H,(H2,11,12). The molecule has 0 bridgehead atoms. The summed E-state index contributed by atoms with van der Waals surface area (Å²) in [5, 5.41) is -0.251. The van der Waals surface area contributed by atoms with Crippen molar-refractivity contribution < 1.29 is 17.2 Å². The van der Waals surface area contributed by atoms with Gasteiger partial charge in [-0.05, 0) is 0 Å². The molecule has 0 fully saturated rings. The van der Waals surface area contributed by atoms with Crippen molar-refractivity contribution in [2.45, 2.75) is 11.3 Å². The van der Waals surface area contributed by atoms with Crippen LogP contribution in [0.1, 0.15) is 12.1 Å². The van der Waals surface area contributed by atoms with Crippen molar-refractivity contribution in [2.75, 3.05) is 5.73 Å². The molecule has 1 aromatic rings. The van der Waals surface area contributed by atoms with E-state index in [0.29, 0.717) is 0 Å². The third-order valence-corrected chi connectivity index (χ3v) is 3.18. The van der Waals surface area contributed by atoms with Crippen LogP contribution in [0.25, 0.3) is 0 Å². The van der Waals surface area contributed by atoms with Crippen molar-refractivity contribution in [2.24, 2.45) is 0 Å². The molecule has 0 radical (unpaired) electrons. The first-order valence-electron chi connectivity index (χ1n) is 3.42. The normalized spacial score (nSPS) is 12.1. The molecular weight excluding hydrogens is 273 g/mol. The summed E-state index contributed by atoms with van der Waals surface area (Å²) in [4.78, 5) is 2.24. The highest BCUT2D eigenvalue weighted by Crippen LogP contribution is 2.35. The van der Waals surface area contributed by atoms with E-state index in [4.69, 9.17) is 28.0 Å². The Bertz CT molecular complexity index is 492. The quantitative estimate of drug-likeness (QED) is 0.841. The zero-order chi connectivity index (χ0) is 11.8. The lowest BCUT2D eigenvalue weighted by Gasteiger charge is -2.08. The first-order chi connectivity index (χ1) is 6.75. The summed E-state index contributed by atoms with van der Waals surface area (Å²) in [6, 6.07) is 0. The van der Waals surface area contributed by atoms with Crippen molar-refractivity contribution >= 4 is 37.0 Å². The molecule has 84 valence electrons. The Hall–Kier alpha value is -0.660. The number of pyridine rings is 1. The Balaban J connectivity index is 3.65. The first-order valence-corrected chi connectivity index (χ1v) is 6.10. The molecule has 1 heterocycles. The van der Waals surface area contributed by atoms with Crippen LogP contribution < -0.4 is 5.73 Å². The van der Waals surface area contributed by atoms with Crippen LogP contribution in [-0.4, -0.2) is 13.4 Å². The van der Waals surface area contributed by atoms with Crippen molar-refractivity contribution in [1.82, 2.24) is 4.98 Å². The van der Waals surface area contributed by atoms with Gasteiger partial charge in [-0.2, -0.15) is 0 Å². The molecule has 0 aliphatic heterocycles. The van der Waals surface area contributed by atoms with E-state index in [0.717, 1.165) is 6.20 Å². The molecule has 0 atom stereocenters. The fourth-order valence-corrected chi connectivity index (χ4v) is 2.36. The Kier molecular flexibility index (Phi) is 3.37. The highest BCUT2D eigenvalue weighted by molar-refractivity contribution is 8.13. The molecule has 4 nitrogen and oxygen atoms in total. The van der Waals surface area contributed by atoms with E-state index in [2.05, 4.69) is 4.98 Å². The van der Waals surface area contributed by atoms with Gasteiger partial charge in [-0.25, -0.2) is 17.2 Å². The smallest absolute Gasteiger partial charge is 0.281 e. The van der Waals surface area contributed by atoms with Crippen LogP contribution in [0, 0.1) is 0 Å². The number of hydrogen-bond donors (Lipinski definition) is 1. The SMILES string of the molecule is Nc1c(Cl)cnc(C(F)F)c1S(=O)(=O)Cl. The number of nitrogen functional groups attached to an aromatic ring is 1. The third-order valence-electron chi connectivity index (χ3n) is 1.50. The van der Waals surface area contributed by atoms with E-state index >= 15 is 0 Å². The lowest BCUT2D eigenvalue weighted by Crippen LogP contribution is -2.06. The first kappa shape index (κ1) is 12.4. The van der Waals surface area contributed by atoms with Gasteiger partial charge in [-0.3, -0.25) is 4.98 Å². The van der Waals surface area contributed by atoms with Gasteiger partial charge < -0.3 is 5.73 Å². The van der Waals surface area contributed by atoms with E-state index in [1.54, 1.807) is 0 Å². The molecule has 0 saturated carbocycles. The molecule has 0 spiro atoms. The van der Waals surface area contributed by atoms with Crippen LogP contribution in [0.3, 0.4) is 0 Å². The van der Waals surface area contributed by atoms with Gasteiger partial charge in [-0.1, -0.05) is 11.6 Å². The van der Waals surface area contributed by atoms with Crippen LogP contribution in [0.4, 0.5) is 14.5 Å². The number of rotatable bonds is 2. The number of alkyl halides is 2. The van der Waals surface area contributed by atoms with E-state index in [9.17, 15) is 17.2 Å². The summed E-state index contributed by atoms with van der Waals surface area (Å²) in [5.74, 6) is 0. The molecule has 1 rings (SSSR count). The van der Waals surface area contributed by atoms with Crippen LogP contribution >= 0.6 is 22.3 Å². The highest BCUT2D eigenvalue weighted by Gasteiger charge is 2.27. The minimum absolute atomic E-state index is 0.251. The molecule has 15 heavy (non-hydrogen) atoms. The summed E-state index contributed by atoms with van der Waals surface area (Å²) in [5.41, 5.74) is 3.70. The van der Waals surface area contributed by atoms with Crippen LogP contribution in [0.15, 0.2) is 11.1 Å². The Morgan fingerprint density at radius 3 is 2.40 bits per heavy atom. The Morgan fingerprint density at radius 1 is 1.47 bits per heavy atom. The topological polar surface area (TPSA) is 73.0 Å². The predicted molar refractivity (Wildman–Crippen MR) is 51.7 cm³/mol. The summed E-state index contributed by atoms with van der Waals surface area (Å²) >= 11 is 5.44. The molecule has 0 aliphatic carbocycles. The van der Waals surface area contributed by atoms with Gasteiger partial charge in [0.25, 0.3) is 15.5 Å². The average molecular weight is 277 g/mol. The molecule has 0 amide bonds. The maximum absolute atomic E-state index is 12.4. The highest BCUT2D eigenvalue weighted by atomic mass is 35.7. The molecule has 9 heteroatoms. The second kappa shape index (κ2) is 4.07. The van der Waals surface area contributed by atoms with E-state index in [1.807, 2.05) is 0 Å². The molecule has 0 unspecified atom stereocenters. The molecule has 0 aliphatic rings. The molecule has 1 aromatic heterocycles. The van der Waals surface area contributed by atoms with Crippen molar-refractivity contribution in [3.63, 3.8) is 0 Å². The van der Waals surface area contributed by atoms with Gasteiger partial charge in [-0.15, -0.1) is 0 Å². The zero-order valence-electron chi connectivity index (χ0n) is 6.92. The fraction of sp³-hybridized carbons (Fsp3) is 0.167. The van der Waals surface area contributed by atoms with Gasteiger partial charge >= 0.3 is 0 Å². The van der Waals surface area contributed by atoms with Gasteiger partial charge in [0, 0.05) is 16.9 Å². The lowest BCUT2D eigenvalue weighted by molar-refractivity contribution is 0.142. The van der Waals surface area contributed by atoms with E-state index in [-0.39, 0.29) is 5.02 Å². The summed E-state index contributed by atoms with van der Waals surface area (Å²) in [6.45, 7) is 0. The monoisotopic (exact) mass is 276 g/mol. The molecule has 2 N–H and O–H groups in total. The molecular formula is C6H4Cl2F2N2O2S. The maximum atomic E-state index is 12.4. The van der Waals surface area contributed by atoms with Gasteiger partial charge in [0.05, 0.1) is 10.7 Å². The van der Waals surface area contributed by atoms with Gasteiger partial charge in [0.2, 0.25) is 0 Å². The summed E-state index contributed by atoms with van der Waals surface area (Å²) in [6.07, 6.45) is -2.27. The minimum Gasteiger partial charge on any atom is -0.396 e. The Morgan fingerprint density at radius 2 is 2.00 bits per heavy atom. The summed E-state index contributed by atoms with van der Waals surface area (Å²) in [7, 11) is 0.534. The summed E-state index contributed by atoms with van der Waals surface area (Å²) < 4.78 is 46.7. The molecule has 0 aromatic carbocycles. The van der Waals surface area contributed by atoms with E-state index < -0.39 is 31.8 Å². The van der Waals surface area contributed by atoms with Crippen LogP contribution in [0.5, 0.6) is 0 Å². The number of aromatic nitrogens is 1. The number of hydrogen-bond acceptors (Lipinski definition) is 4. The van der Waals surface area contributed by atoms with Crippen LogP contribution in [-0.2, 0) is 9.05 Å². The maximum Gasteiger partial charge on any atom is 0.281 e. The third kappa shape index (κ3) is 2.47.